The number of benzene rings is 2. The van der Waals surface area contributed by atoms with E-state index in [0.717, 1.165) is 35.5 Å². The normalized spacial score (nSPS) is 16.8. The number of aryl methyl sites for hydroxylation is 1. The Morgan fingerprint density at radius 3 is 2.92 bits per heavy atom. The molecule has 1 saturated heterocycles. The van der Waals surface area contributed by atoms with E-state index in [4.69, 9.17) is 14.6 Å². The Kier molecular flexibility index (Phi) is 5.68. The predicted octanol–water partition coefficient (Wildman–Crippen LogP) is 3.15. The van der Waals surface area contributed by atoms with E-state index < -0.39 is 5.97 Å². The molecule has 0 bridgehead atoms. The molecule has 0 saturated carbocycles. The Morgan fingerprint density at radius 2 is 2.16 bits per heavy atom. The van der Waals surface area contributed by atoms with Gasteiger partial charge in [-0.2, -0.15) is 0 Å². The van der Waals surface area contributed by atoms with Crippen molar-refractivity contribution in [2.24, 2.45) is 0 Å². The minimum atomic E-state index is -0.908. The summed E-state index contributed by atoms with van der Waals surface area (Å²) < 4.78 is 11.5. The molecule has 0 aliphatic carbocycles. The fourth-order valence-corrected chi connectivity index (χ4v) is 2.86. The summed E-state index contributed by atoms with van der Waals surface area (Å²) >= 11 is 0. The van der Waals surface area contributed by atoms with Crippen molar-refractivity contribution < 1.29 is 19.4 Å². The lowest BCUT2D eigenvalue weighted by Crippen LogP contribution is -2.19. The quantitative estimate of drug-likeness (QED) is 0.810. The maximum absolute atomic E-state index is 11.0. The van der Waals surface area contributed by atoms with Crippen LogP contribution in [0.3, 0.4) is 0 Å². The van der Waals surface area contributed by atoms with Crippen molar-refractivity contribution in [3.8, 4) is 5.75 Å². The molecule has 0 aromatic heterocycles. The molecule has 3 rings (SSSR count). The molecule has 2 aromatic carbocycles. The van der Waals surface area contributed by atoms with E-state index in [1.165, 1.54) is 0 Å². The first-order valence-electron chi connectivity index (χ1n) is 8.49. The van der Waals surface area contributed by atoms with Crippen LogP contribution in [0.5, 0.6) is 5.75 Å². The molecular formula is C20H23NO4. The fourth-order valence-electron chi connectivity index (χ4n) is 2.86. The molecule has 1 atom stereocenters. The van der Waals surface area contributed by atoms with Gasteiger partial charge in [0, 0.05) is 25.1 Å². The second-order valence-electron chi connectivity index (χ2n) is 6.32. The van der Waals surface area contributed by atoms with Gasteiger partial charge >= 0.3 is 5.97 Å². The first-order chi connectivity index (χ1) is 12.1. The highest BCUT2D eigenvalue weighted by atomic mass is 16.5. The first kappa shape index (κ1) is 17.5. The summed E-state index contributed by atoms with van der Waals surface area (Å²) in [6, 6.07) is 13.2. The van der Waals surface area contributed by atoms with E-state index in [2.05, 4.69) is 23.5 Å². The van der Waals surface area contributed by atoms with Crippen molar-refractivity contribution in [1.82, 2.24) is 5.32 Å². The van der Waals surface area contributed by atoms with Gasteiger partial charge in [0.25, 0.3) is 0 Å². The highest BCUT2D eigenvalue weighted by Crippen LogP contribution is 2.24. The highest BCUT2D eigenvalue weighted by molar-refractivity contribution is 5.87. The second-order valence-corrected chi connectivity index (χ2v) is 6.32. The number of carbonyl (C=O) groups is 1. The molecule has 2 N–H and O–H groups in total. The standard InChI is InChI=1S/C20H23NO4/c1-14-5-6-17(19(9-14)25-18-7-8-24-13-18)12-21-11-15-3-2-4-16(10-15)20(22)23/h2-6,9-10,18,21H,7-8,11-13H2,1H3,(H,22,23). The number of carboxylic acid groups (broad SMARTS) is 1. The Morgan fingerprint density at radius 1 is 1.28 bits per heavy atom. The number of carboxylic acids is 1. The zero-order valence-electron chi connectivity index (χ0n) is 14.3. The third-order valence-electron chi connectivity index (χ3n) is 4.22. The molecule has 132 valence electrons. The SMILES string of the molecule is Cc1ccc(CNCc2cccc(C(=O)O)c2)c(OC2CCOC2)c1. The van der Waals surface area contributed by atoms with Gasteiger partial charge in [-0.05, 0) is 36.2 Å². The van der Waals surface area contributed by atoms with E-state index >= 15 is 0 Å². The van der Waals surface area contributed by atoms with Gasteiger partial charge in [0.2, 0.25) is 0 Å². The maximum atomic E-state index is 11.0. The van der Waals surface area contributed by atoms with Crippen LogP contribution >= 0.6 is 0 Å². The number of hydrogen-bond acceptors (Lipinski definition) is 4. The number of rotatable bonds is 7. The highest BCUT2D eigenvalue weighted by Gasteiger charge is 2.18. The second kappa shape index (κ2) is 8.14. The molecule has 0 radical (unpaired) electrons. The number of ether oxygens (including phenoxy) is 2. The average Bonchev–Trinajstić information content (AvgIpc) is 3.10. The van der Waals surface area contributed by atoms with Crippen LogP contribution in [0.15, 0.2) is 42.5 Å². The summed E-state index contributed by atoms with van der Waals surface area (Å²) in [4.78, 5) is 11.0. The molecule has 1 heterocycles. The molecule has 2 aromatic rings. The fraction of sp³-hybridized carbons (Fsp3) is 0.350. The van der Waals surface area contributed by atoms with Crippen LogP contribution < -0.4 is 10.1 Å². The van der Waals surface area contributed by atoms with Gasteiger partial charge in [-0.25, -0.2) is 4.79 Å². The first-order valence-corrected chi connectivity index (χ1v) is 8.49. The molecule has 5 nitrogen and oxygen atoms in total. The molecule has 25 heavy (non-hydrogen) atoms. The van der Waals surface area contributed by atoms with Crippen molar-refractivity contribution in [3.05, 3.63) is 64.7 Å². The Balaban J connectivity index is 1.62. The van der Waals surface area contributed by atoms with Gasteiger partial charge in [-0.3, -0.25) is 0 Å². The van der Waals surface area contributed by atoms with Crippen LogP contribution in [-0.2, 0) is 17.8 Å². The number of hydrogen-bond donors (Lipinski definition) is 2. The minimum absolute atomic E-state index is 0.118. The van der Waals surface area contributed by atoms with Crippen LogP contribution in [0.1, 0.15) is 33.5 Å². The van der Waals surface area contributed by atoms with Crippen molar-refractivity contribution >= 4 is 5.97 Å². The van der Waals surface area contributed by atoms with Crippen molar-refractivity contribution in [1.29, 1.82) is 0 Å². The van der Waals surface area contributed by atoms with Crippen LogP contribution in [0.25, 0.3) is 0 Å². The Bertz CT molecular complexity index is 738. The lowest BCUT2D eigenvalue weighted by molar-refractivity contribution is 0.0696. The molecule has 0 amide bonds. The largest absolute Gasteiger partial charge is 0.488 e. The molecular weight excluding hydrogens is 318 g/mol. The zero-order valence-corrected chi connectivity index (χ0v) is 14.3. The smallest absolute Gasteiger partial charge is 0.335 e. The predicted molar refractivity (Wildman–Crippen MR) is 95.0 cm³/mol. The van der Waals surface area contributed by atoms with Crippen molar-refractivity contribution in [2.45, 2.75) is 32.5 Å². The van der Waals surface area contributed by atoms with Crippen molar-refractivity contribution in [2.75, 3.05) is 13.2 Å². The van der Waals surface area contributed by atoms with Crippen LogP contribution in [-0.4, -0.2) is 30.4 Å². The lowest BCUT2D eigenvalue weighted by atomic mass is 10.1. The van der Waals surface area contributed by atoms with Gasteiger partial charge in [0.15, 0.2) is 0 Å². The van der Waals surface area contributed by atoms with E-state index in [-0.39, 0.29) is 6.10 Å². The summed E-state index contributed by atoms with van der Waals surface area (Å²) in [7, 11) is 0. The van der Waals surface area contributed by atoms with Crippen LogP contribution in [0, 0.1) is 6.92 Å². The summed E-state index contributed by atoms with van der Waals surface area (Å²) in [5.74, 6) is -0.0165. The van der Waals surface area contributed by atoms with E-state index in [0.29, 0.717) is 25.3 Å². The van der Waals surface area contributed by atoms with Gasteiger partial charge in [0.1, 0.15) is 11.9 Å². The summed E-state index contributed by atoms with van der Waals surface area (Å²) in [5.41, 5.74) is 3.50. The van der Waals surface area contributed by atoms with Gasteiger partial charge in [-0.1, -0.05) is 24.3 Å². The zero-order chi connectivity index (χ0) is 17.6. The molecule has 1 aliphatic rings. The van der Waals surface area contributed by atoms with Gasteiger partial charge < -0.3 is 19.9 Å². The van der Waals surface area contributed by atoms with Crippen molar-refractivity contribution in [3.63, 3.8) is 0 Å². The third kappa shape index (κ3) is 4.81. The van der Waals surface area contributed by atoms with E-state index in [1.807, 2.05) is 13.0 Å². The van der Waals surface area contributed by atoms with Gasteiger partial charge in [0.05, 0.1) is 18.8 Å². The average molecular weight is 341 g/mol. The third-order valence-corrected chi connectivity index (χ3v) is 4.22. The molecule has 1 fully saturated rings. The molecule has 1 aliphatic heterocycles. The Hall–Kier alpha value is -2.37. The molecule has 1 unspecified atom stereocenters. The maximum Gasteiger partial charge on any atom is 0.335 e. The number of aromatic carboxylic acids is 1. The monoisotopic (exact) mass is 341 g/mol. The summed E-state index contributed by atoms with van der Waals surface area (Å²) in [5, 5.41) is 12.4. The topological polar surface area (TPSA) is 67.8 Å². The number of nitrogens with one attached hydrogen (secondary N) is 1. The Labute approximate surface area is 147 Å². The van der Waals surface area contributed by atoms with Crippen LogP contribution in [0.4, 0.5) is 0 Å². The summed E-state index contributed by atoms with van der Waals surface area (Å²) in [6.07, 6.45) is 1.04. The minimum Gasteiger partial charge on any atom is -0.488 e. The summed E-state index contributed by atoms with van der Waals surface area (Å²) in [6.45, 7) is 4.70. The van der Waals surface area contributed by atoms with E-state index in [1.54, 1.807) is 18.2 Å². The van der Waals surface area contributed by atoms with E-state index in [9.17, 15) is 4.79 Å². The van der Waals surface area contributed by atoms with Gasteiger partial charge in [-0.15, -0.1) is 0 Å². The molecule has 5 heteroatoms. The molecule has 0 spiro atoms. The van der Waals surface area contributed by atoms with Crippen LogP contribution in [0.2, 0.25) is 0 Å². The lowest BCUT2D eigenvalue weighted by Gasteiger charge is -2.17.